The molecule has 2 rings (SSSR count). The Bertz CT molecular complexity index is 796. The van der Waals surface area contributed by atoms with E-state index in [0.717, 1.165) is 0 Å². The van der Waals surface area contributed by atoms with Crippen LogP contribution in [0.3, 0.4) is 0 Å². The normalized spacial score (nSPS) is 11.1. The number of hydrogen-bond acceptors (Lipinski definition) is 5. The molecule has 2 N–H and O–H groups in total. The van der Waals surface area contributed by atoms with E-state index >= 15 is 0 Å². The first-order valence-electron chi connectivity index (χ1n) is 6.85. The number of anilines is 2. The van der Waals surface area contributed by atoms with Gasteiger partial charge in [-0.25, -0.2) is 0 Å². The number of carbonyl (C=O) groups excluding carboxylic acids is 1. The molecule has 0 heterocycles. The molecule has 0 saturated heterocycles. The van der Waals surface area contributed by atoms with Crippen molar-refractivity contribution < 1.29 is 9.53 Å². The van der Waals surface area contributed by atoms with Crippen molar-refractivity contribution >= 4 is 41.5 Å². The average molecular weight is 360 g/mol. The van der Waals surface area contributed by atoms with E-state index < -0.39 is 5.91 Å². The van der Waals surface area contributed by atoms with Gasteiger partial charge in [0.05, 0.1) is 12.1 Å². The van der Waals surface area contributed by atoms with E-state index in [9.17, 15) is 10.1 Å². The molecule has 0 aliphatic rings. The van der Waals surface area contributed by atoms with Gasteiger partial charge < -0.3 is 15.4 Å². The van der Waals surface area contributed by atoms with Crippen molar-refractivity contribution in [2.45, 2.75) is 0 Å². The molecule has 0 bridgehead atoms. The summed E-state index contributed by atoms with van der Waals surface area (Å²) in [4.78, 5) is 12.2. The lowest BCUT2D eigenvalue weighted by Crippen LogP contribution is -2.16. The fraction of sp³-hybridized carbons (Fsp3) is 0.0588. The molecule has 0 aromatic heterocycles. The third-order valence-electron chi connectivity index (χ3n) is 3.03. The van der Waals surface area contributed by atoms with Gasteiger partial charge in [0.15, 0.2) is 0 Å². The fourth-order valence-corrected chi connectivity index (χ4v) is 2.22. The predicted octanol–water partition coefficient (Wildman–Crippen LogP) is 4.06. The van der Waals surface area contributed by atoms with Crippen molar-refractivity contribution in [2.24, 2.45) is 0 Å². The van der Waals surface area contributed by atoms with Crippen molar-refractivity contribution in [3.05, 3.63) is 64.2 Å². The number of methoxy groups -OCH3 is 1. The second-order valence-corrected chi connectivity index (χ2v) is 5.53. The van der Waals surface area contributed by atoms with E-state index in [1.165, 1.54) is 0 Å². The van der Waals surface area contributed by atoms with E-state index in [2.05, 4.69) is 23.3 Å². The zero-order valence-electron chi connectivity index (χ0n) is 12.7. The highest BCUT2D eigenvalue weighted by Crippen LogP contribution is 2.20. The predicted molar refractivity (Wildman–Crippen MR) is 98.3 cm³/mol. The van der Waals surface area contributed by atoms with E-state index in [1.54, 1.807) is 55.6 Å². The molecule has 0 spiro atoms. The molecular weight excluding hydrogens is 346 g/mol. The number of thiol groups is 1. The standard InChI is InChI=1S/C17H14ClN3O2S/c1-23-14-8-6-13(7-9-14)21-17(24)15(10-19)16(22)20-12-4-2-11(18)3-5-12/h2-9,21,24H,1H3,(H,20,22)/b17-15+. The summed E-state index contributed by atoms with van der Waals surface area (Å²) in [5.74, 6) is 0.136. The van der Waals surface area contributed by atoms with Crippen molar-refractivity contribution in [3.63, 3.8) is 0 Å². The summed E-state index contributed by atoms with van der Waals surface area (Å²) >= 11 is 10.0. The Morgan fingerprint density at radius 2 is 1.62 bits per heavy atom. The second-order valence-electron chi connectivity index (χ2n) is 4.65. The molecular formula is C17H14ClN3O2S. The highest BCUT2D eigenvalue weighted by Gasteiger charge is 2.14. The van der Waals surface area contributed by atoms with Crippen LogP contribution >= 0.6 is 24.2 Å². The SMILES string of the molecule is COc1ccc(N/C(S)=C(/C#N)C(=O)Nc2ccc(Cl)cc2)cc1. The Morgan fingerprint density at radius 3 is 2.17 bits per heavy atom. The van der Waals surface area contributed by atoms with Gasteiger partial charge >= 0.3 is 0 Å². The third kappa shape index (κ3) is 4.69. The van der Waals surface area contributed by atoms with Crippen LogP contribution in [0.4, 0.5) is 11.4 Å². The Morgan fingerprint density at radius 1 is 1.08 bits per heavy atom. The van der Waals surface area contributed by atoms with Crippen LogP contribution < -0.4 is 15.4 Å². The van der Waals surface area contributed by atoms with Gasteiger partial charge in [-0.15, -0.1) is 12.6 Å². The van der Waals surface area contributed by atoms with Gasteiger partial charge in [-0.1, -0.05) is 11.6 Å². The summed E-state index contributed by atoms with van der Waals surface area (Å²) in [6, 6.07) is 15.4. The van der Waals surface area contributed by atoms with Crippen LogP contribution in [0.15, 0.2) is 59.1 Å². The number of benzene rings is 2. The average Bonchev–Trinajstić information content (AvgIpc) is 2.58. The van der Waals surface area contributed by atoms with Crippen LogP contribution in [0.5, 0.6) is 5.75 Å². The molecule has 0 radical (unpaired) electrons. The molecule has 0 aliphatic heterocycles. The van der Waals surface area contributed by atoms with Crippen LogP contribution in [-0.4, -0.2) is 13.0 Å². The van der Waals surface area contributed by atoms with Gasteiger partial charge in [0.2, 0.25) is 0 Å². The highest BCUT2D eigenvalue weighted by atomic mass is 35.5. The van der Waals surface area contributed by atoms with Gasteiger partial charge in [0.1, 0.15) is 17.4 Å². The molecule has 7 heteroatoms. The van der Waals surface area contributed by atoms with Gasteiger partial charge in [-0.2, -0.15) is 5.26 Å². The third-order valence-corrected chi connectivity index (χ3v) is 3.62. The van der Waals surface area contributed by atoms with Crippen molar-refractivity contribution in [1.29, 1.82) is 5.26 Å². The number of carbonyl (C=O) groups is 1. The lowest BCUT2D eigenvalue weighted by molar-refractivity contribution is -0.112. The van der Waals surface area contributed by atoms with Crippen LogP contribution in [0, 0.1) is 11.3 Å². The molecule has 0 fully saturated rings. The highest BCUT2D eigenvalue weighted by molar-refractivity contribution is 7.84. The van der Waals surface area contributed by atoms with E-state index in [-0.39, 0.29) is 10.6 Å². The minimum absolute atomic E-state index is 0.135. The first kappa shape index (κ1) is 17.7. The minimum atomic E-state index is -0.564. The Kier molecular flexibility index (Phi) is 6.13. The summed E-state index contributed by atoms with van der Waals surface area (Å²) in [5, 5.41) is 15.5. The van der Waals surface area contributed by atoms with Crippen LogP contribution in [0.2, 0.25) is 5.02 Å². The van der Waals surface area contributed by atoms with Crippen LogP contribution in [0.25, 0.3) is 0 Å². The number of ether oxygens (including phenoxy) is 1. The van der Waals surface area contributed by atoms with Crippen molar-refractivity contribution in [3.8, 4) is 11.8 Å². The lowest BCUT2D eigenvalue weighted by Gasteiger charge is -2.10. The second kappa shape index (κ2) is 8.29. The summed E-state index contributed by atoms with van der Waals surface area (Å²) in [7, 11) is 1.57. The molecule has 0 aliphatic carbocycles. The molecule has 24 heavy (non-hydrogen) atoms. The Labute approximate surface area is 150 Å². The minimum Gasteiger partial charge on any atom is -0.497 e. The summed E-state index contributed by atoms with van der Waals surface area (Å²) in [6.45, 7) is 0. The largest absolute Gasteiger partial charge is 0.497 e. The fourth-order valence-electron chi connectivity index (χ4n) is 1.81. The summed E-state index contributed by atoms with van der Waals surface area (Å²) in [6.07, 6.45) is 0. The first-order chi connectivity index (χ1) is 11.5. The number of amides is 1. The summed E-state index contributed by atoms with van der Waals surface area (Å²) in [5.41, 5.74) is 1.07. The number of rotatable bonds is 5. The first-order valence-corrected chi connectivity index (χ1v) is 7.67. The Balaban J connectivity index is 2.14. The number of nitrogens with one attached hydrogen (secondary N) is 2. The quantitative estimate of drug-likeness (QED) is 0.427. The summed E-state index contributed by atoms with van der Waals surface area (Å²) < 4.78 is 5.07. The van der Waals surface area contributed by atoms with Crippen LogP contribution in [-0.2, 0) is 4.79 Å². The zero-order chi connectivity index (χ0) is 17.5. The number of halogens is 1. The topological polar surface area (TPSA) is 74.1 Å². The monoisotopic (exact) mass is 359 g/mol. The lowest BCUT2D eigenvalue weighted by atomic mass is 10.2. The van der Waals surface area contributed by atoms with Crippen molar-refractivity contribution in [2.75, 3.05) is 17.7 Å². The smallest absolute Gasteiger partial charge is 0.269 e. The van der Waals surface area contributed by atoms with Gasteiger partial charge in [0.25, 0.3) is 5.91 Å². The number of hydrogen-bond donors (Lipinski definition) is 3. The Hall–Kier alpha value is -2.62. The molecule has 0 saturated carbocycles. The van der Waals surface area contributed by atoms with E-state index in [4.69, 9.17) is 16.3 Å². The number of nitrogens with zero attached hydrogens (tertiary/aromatic N) is 1. The van der Waals surface area contributed by atoms with Gasteiger partial charge in [0, 0.05) is 16.4 Å². The van der Waals surface area contributed by atoms with E-state index in [0.29, 0.717) is 22.1 Å². The maximum atomic E-state index is 12.2. The van der Waals surface area contributed by atoms with E-state index in [1.807, 2.05) is 6.07 Å². The molecule has 0 atom stereocenters. The molecule has 2 aromatic rings. The molecule has 2 aromatic carbocycles. The maximum Gasteiger partial charge on any atom is 0.269 e. The molecule has 122 valence electrons. The maximum absolute atomic E-state index is 12.2. The van der Waals surface area contributed by atoms with Crippen LogP contribution in [0.1, 0.15) is 0 Å². The zero-order valence-corrected chi connectivity index (χ0v) is 14.4. The molecule has 1 amide bonds. The molecule has 5 nitrogen and oxygen atoms in total. The number of nitriles is 1. The molecule has 0 unspecified atom stereocenters. The van der Waals surface area contributed by atoms with Gasteiger partial charge in [-0.3, -0.25) is 4.79 Å². The van der Waals surface area contributed by atoms with Gasteiger partial charge in [-0.05, 0) is 48.5 Å². The van der Waals surface area contributed by atoms with Crippen molar-refractivity contribution in [1.82, 2.24) is 0 Å².